The molecule has 0 aromatic heterocycles. The van der Waals surface area contributed by atoms with E-state index in [2.05, 4.69) is 0 Å². The molecule has 0 heterocycles. The molecule has 5 heteroatoms. The molecule has 0 aliphatic heterocycles. The third kappa shape index (κ3) is 1.54. The minimum absolute atomic E-state index is 0.0579. The summed E-state index contributed by atoms with van der Waals surface area (Å²) in [5.41, 5.74) is 0.159. The molecule has 1 atom stereocenters. The molecule has 0 saturated carbocycles. The number of carboxylic acids is 1. The van der Waals surface area contributed by atoms with E-state index in [-0.39, 0.29) is 18.4 Å². The second kappa shape index (κ2) is 2.69. The van der Waals surface area contributed by atoms with Crippen LogP contribution in [0.3, 0.4) is 0 Å². The van der Waals surface area contributed by atoms with Crippen LogP contribution in [0.25, 0.3) is 0 Å². The maximum Gasteiger partial charge on any atom is 0.331 e. The van der Waals surface area contributed by atoms with E-state index in [0.717, 1.165) is 0 Å². The summed E-state index contributed by atoms with van der Waals surface area (Å²) in [6, 6.07) is -0.721. The van der Waals surface area contributed by atoms with Crippen molar-refractivity contribution in [3.63, 3.8) is 0 Å². The van der Waals surface area contributed by atoms with Gasteiger partial charge < -0.3 is 5.11 Å². The molecule has 11 heavy (non-hydrogen) atoms. The number of hydrogen-bond acceptors (Lipinski definition) is 3. The number of nitro groups is 1. The summed E-state index contributed by atoms with van der Waals surface area (Å²) in [5, 5.41) is 18.6. The van der Waals surface area contributed by atoms with E-state index in [0.29, 0.717) is 0 Å². The zero-order valence-electron chi connectivity index (χ0n) is 5.69. The van der Waals surface area contributed by atoms with Crippen LogP contribution in [0.2, 0.25) is 0 Å². The third-order valence-electron chi connectivity index (χ3n) is 1.66. The Labute approximate surface area is 62.5 Å². The molecule has 60 valence electrons. The summed E-state index contributed by atoms with van der Waals surface area (Å²) in [7, 11) is 0. The SMILES string of the molecule is O=C(O)C1=CCC([N+](=O)[O-])C1. The molecule has 0 spiro atoms. The lowest BCUT2D eigenvalue weighted by Gasteiger charge is -1.98. The smallest absolute Gasteiger partial charge is 0.331 e. The van der Waals surface area contributed by atoms with Crippen LogP contribution < -0.4 is 0 Å². The van der Waals surface area contributed by atoms with Gasteiger partial charge in [-0.2, -0.15) is 0 Å². The van der Waals surface area contributed by atoms with Crippen molar-refractivity contribution in [2.24, 2.45) is 0 Å². The molecule has 0 saturated heterocycles. The Morgan fingerprint density at radius 1 is 1.82 bits per heavy atom. The van der Waals surface area contributed by atoms with Gasteiger partial charge in [0.1, 0.15) is 0 Å². The number of carboxylic acid groups (broad SMARTS) is 1. The number of carbonyl (C=O) groups is 1. The van der Waals surface area contributed by atoms with E-state index in [9.17, 15) is 14.9 Å². The fourth-order valence-electron chi connectivity index (χ4n) is 1.03. The van der Waals surface area contributed by atoms with Crippen molar-refractivity contribution in [3.8, 4) is 0 Å². The number of aliphatic carboxylic acids is 1. The molecular weight excluding hydrogens is 150 g/mol. The van der Waals surface area contributed by atoms with Crippen LogP contribution in [0.1, 0.15) is 12.8 Å². The monoisotopic (exact) mass is 157 g/mol. The van der Waals surface area contributed by atoms with Crippen LogP contribution in [0.5, 0.6) is 0 Å². The first-order chi connectivity index (χ1) is 5.11. The lowest BCUT2D eigenvalue weighted by Crippen LogP contribution is -2.16. The van der Waals surface area contributed by atoms with E-state index >= 15 is 0 Å². The number of nitrogens with zero attached hydrogens (tertiary/aromatic N) is 1. The Balaban J connectivity index is 2.56. The summed E-state index contributed by atoms with van der Waals surface area (Å²) in [6.45, 7) is 0. The zero-order chi connectivity index (χ0) is 8.43. The first-order valence-electron chi connectivity index (χ1n) is 3.17. The summed E-state index contributed by atoms with van der Waals surface area (Å²) >= 11 is 0. The Bertz CT molecular complexity index is 233. The van der Waals surface area contributed by atoms with Gasteiger partial charge in [-0.05, 0) is 0 Å². The standard InChI is InChI=1S/C6H7NO4/c8-6(9)4-1-2-5(3-4)7(10)11/h1,5H,2-3H2,(H,8,9). The van der Waals surface area contributed by atoms with Gasteiger partial charge in [-0.25, -0.2) is 4.79 Å². The highest BCUT2D eigenvalue weighted by molar-refractivity contribution is 5.87. The fraction of sp³-hybridized carbons (Fsp3) is 0.500. The van der Waals surface area contributed by atoms with Crippen molar-refractivity contribution < 1.29 is 14.8 Å². The predicted molar refractivity (Wildman–Crippen MR) is 35.7 cm³/mol. The second-order valence-corrected chi connectivity index (χ2v) is 2.41. The van der Waals surface area contributed by atoms with E-state index in [4.69, 9.17) is 5.11 Å². The van der Waals surface area contributed by atoms with Crippen molar-refractivity contribution in [1.29, 1.82) is 0 Å². The minimum atomic E-state index is -1.05. The van der Waals surface area contributed by atoms with Gasteiger partial charge in [0.2, 0.25) is 6.04 Å². The van der Waals surface area contributed by atoms with Gasteiger partial charge in [-0.15, -0.1) is 0 Å². The van der Waals surface area contributed by atoms with Crippen LogP contribution >= 0.6 is 0 Å². The molecule has 0 aromatic rings. The molecule has 1 N–H and O–H groups in total. The first kappa shape index (κ1) is 7.71. The highest BCUT2D eigenvalue weighted by atomic mass is 16.6. The van der Waals surface area contributed by atoms with E-state index in [1.165, 1.54) is 6.08 Å². The Morgan fingerprint density at radius 2 is 2.45 bits per heavy atom. The first-order valence-corrected chi connectivity index (χ1v) is 3.17. The van der Waals surface area contributed by atoms with Crippen LogP contribution in [-0.2, 0) is 4.79 Å². The molecule has 0 aromatic carbocycles. The predicted octanol–water partition coefficient (Wildman–Crippen LogP) is 0.436. The van der Waals surface area contributed by atoms with Crippen LogP contribution in [-0.4, -0.2) is 22.0 Å². The fourth-order valence-corrected chi connectivity index (χ4v) is 1.03. The summed E-state index contributed by atoms with van der Waals surface area (Å²) < 4.78 is 0. The summed E-state index contributed by atoms with van der Waals surface area (Å²) in [6.07, 6.45) is 1.72. The Morgan fingerprint density at radius 3 is 2.73 bits per heavy atom. The molecule has 0 bridgehead atoms. The van der Waals surface area contributed by atoms with Gasteiger partial charge in [-0.3, -0.25) is 10.1 Å². The van der Waals surface area contributed by atoms with Gasteiger partial charge in [-0.1, -0.05) is 6.08 Å². The van der Waals surface area contributed by atoms with Gasteiger partial charge in [0.25, 0.3) is 0 Å². The average molecular weight is 157 g/mol. The minimum Gasteiger partial charge on any atom is -0.478 e. The van der Waals surface area contributed by atoms with Gasteiger partial charge >= 0.3 is 5.97 Å². The van der Waals surface area contributed by atoms with E-state index in [1.54, 1.807) is 0 Å². The highest BCUT2D eigenvalue weighted by Gasteiger charge is 2.29. The molecule has 0 radical (unpaired) electrons. The number of rotatable bonds is 2. The maximum absolute atomic E-state index is 10.3. The topological polar surface area (TPSA) is 80.4 Å². The quantitative estimate of drug-likeness (QED) is 0.465. The lowest BCUT2D eigenvalue weighted by atomic mass is 10.2. The molecule has 1 unspecified atom stereocenters. The van der Waals surface area contributed by atoms with Crippen molar-refractivity contribution >= 4 is 5.97 Å². The molecule has 1 aliphatic rings. The molecule has 5 nitrogen and oxygen atoms in total. The van der Waals surface area contributed by atoms with Crippen LogP contribution in [0, 0.1) is 10.1 Å². The van der Waals surface area contributed by atoms with E-state index < -0.39 is 16.9 Å². The van der Waals surface area contributed by atoms with Gasteiger partial charge in [0.15, 0.2) is 0 Å². The van der Waals surface area contributed by atoms with Crippen molar-refractivity contribution in [3.05, 3.63) is 21.8 Å². The molecular formula is C6H7NO4. The number of hydrogen-bond donors (Lipinski definition) is 1. The third-order valence-corrected chi connectivity index (χ3v) is 1.66. The second-order valence-electron chi connectivity index (χ2n) is 2.41. The van der Waals surface area contributed by atoms with Crippen LogP contribution in [0.4, 0.5) is 0 Å². The molecule has 0 amide bonds. The average Bonchev–Trinajstić information content (AvgIpc) is 2.33. The van der Waals surface area contributed by atoms with Gasteiger partial charge in [0, 0.05) is 23.3 Å². The van der Waals surface area contributed by atoms with Crippen molar-refractivity contribution in [2.45, 2.75) is 18.9 Å². The zero-order valence-corrected chi connectivity index (χ0v) is 5.69. The van der Waals surface area contributed by atoms with Crippen molar-refractivity contribution in [2.75, 3.05) is 0 Å². The van der Waals surface area contributed by atoms with Crippen molar-refractivity contribution in [1.82, 2.24) is 0 Å². The lowest BCUT2D eigenvalue weighted by molar-refractivity contribution is -0.519. The largest absolute Gasteiger partial charge is 0.478 e. The molecule has 0 fully saturated rings. The Kier molecular flexibility index (Phi) is 1.89. The van der Waals surface area contributed by atoms with Crippen LogP contribution in [0.15, 0.2) is 11.6 Å². The normalized spacial score (nSPS) is 22.9. The maximum atomic E-state index is 10.3. The van der Waals surface area contributed by atoms with E-state index in [1.807, 2.05) is 0 Å². The Hall–Kier alpha value is -1.39. The molecule has 1 rings (SSSR count). The highest BCUT2D eigenvalue weighted by Crippen LogP contribution is 2.20. The van der Waals surface area contributed by atoms with Gasteiger partial charge in [0.05, 0.1) is 0 Å². The summed E-state index contributed by atoms with van der Waals surface area (Å²) in [4.78, 5) is 20.0. The molecule has 1 aliphatic carbocycles. The summed E-state index contributed by atoms with van der Waals surface area (Å²) in [5.74, 6) is -1.05.